The van der Waals surface area contributed by atoms with Gasteiger partial charge < -0.3 is 9.47 Å². The summed E-state index contributed by atoms with van der Waals surface area (Å²) in [6.07, 6.45) is 6.52. The van der Waals surface area contributed by atoms with E-state index in [1.54, 1.807) is 0 Å². The van der Waals surface area contributed by atoms with Crippen LogP contribution in [0.1, 0.15) is 52.4 Å². The minimum absolute atomic E-state index is 0.00736. The molecule has 2 heteroatoms. The van der Waals surface area contributed by atoms with Crippen molar-refractivity contribution in [1.82, 2.24) is 0 Å². The summed E-state index contributed by atoms with van der Waals surface area (Å²) in [5.74, 6) is 0. The van der Waals surface area contributed by atoms with Crippen LogP contribution in [0, 0.1) is 6.92 Å². The molecule has 14 heavy (non-hydrogen) atoms. The van der Waals surface area contributed by atoms with Crippen molar-refractivity contribution in [2.75, 3.05) is 6.61 Å². The summed E-state index contributed by atoms with van der Waals surface area (Å²) < 4.78 is 11.6. The van der Waals surface area contributed by atoms with Gasteiger partial charge in [0, 0.05) is 6.61 Å². The van der Waals surface area contributed by atoms with Crippen molar-refractivity contribution < 1.29 is 9.47 Å². The van der Waals surface area contributed by atoms with Gasteiger partial charge in [-0.25, -0.2) is 0 Å². The van der Waals surface area contributed by atoms with Crippen LogP contribution in [-0.2, 0) is 9.47 Å². The van der Waals surface area contributed by atoms with Gasteiger partial charge in [0.2, 0.25) is 0 Å². The third kappa shape index (κ3) is 4.43. The van der Waals surface area contributed by atoms with Gasteiger partial charge in [-0.2, -0.15) is 0 Å². The molecule has 1 fully saturated rings. The number of unbranched alkanes of at least 4 members (excludes halogenated alkanes) is 1. The molecule has 0 aliphatic carbocycles. The fraction of sp³-hybridized carbons (Fsp3) is 0.917. The molecule has 0 saturated carbocycles. The third-order valence-corrected chi connectivity index (χ3v) is 2.62. The van der Waals surface area contributed by atoms with Gasteiger partial charge in [0.05, 0.1) is 5.60 Å². The molecule has 1 unspecified atom stereocenters. The summed E-state index contributed by atoms with van der Waals surface area (Å²) in [4.78, 5) is 0. The fourth-order valence-electron chi connectivity index (χ4n) is 1.77. The van der Waals surface area contributed by atoms with Crippen LogP contribution in [0.5, 0.6) is 0 Å². The molecule has 1 rings (SSSR count). The van der Waals surface area contributed by atoms with Crippen LogP contribution >= 0.6 is 0 Å². The topological polar surface area (TPSA) is 18.5 Å². The van der Waals surface area contributed by atoms with E-state index in [9.17, 15) is 0 Å². The van der Waals surface area contributed by atoms with Gasteiger partial charge in [0.25, 0.3) is 0 Å². The molecule has 0 spiro atoms. The predicted molar refractivity (Wildman–Crippen MR) is 58.0 cm³/mol. The van der Waals surface area contributed by atoms with Crippen LogP contribution in [-0.4, -0.2) is 18.5 Å². The molecule has 1 atom stereocenters. The van der Waals surface area contributed by atoms with Crippen molar-refractivity contribution in [3.63, 3.8) is 0 Å². The van der Waals surface area contributed by atoms with E-state index in [0.29, 0.717) is 0 Å². The summed E-state index contributed by atoms with van der Waals surface area (Å²) in [5, 5.41) is 0. The van der Waals surface area contributed by atoms with Crippen LogP contribution in [0.2, 0.25) is 0 Å². The minimum Gasteiger partial charge on any atom is -0.353 e. The summed E-state index contributed by atoms with van der Waals surface area (Å²) >= 11 is 0. The lowest BCUT2D eigenvalue weighted by atomic mass is 10.0. The Bertz CT molecular complexity index is 152. The smallest absolute Gasteiger partial charge is 0.158 e. The highest BCUT2D eigenvalue weighted by molar-refractivity contribution is 4.71. The zero-order chi connectivity index (χ0) is 10.4. The van der Waals surface area contributed by atoms with Crippen LogP contribution in [0.4, 0.5) is 0 Å². The Morgan fingerprint density at radius 2 is 2.14 bits per heavy atom. The van der Waals surface area contributed by atoms with Crippen molar-refractivity contribution in [3.05, 3.63) is 6.92 Å². The largest absolute Gasteiger partial charge is 0.353 e. The van der Waals surface area contributed by atoms with Crippen LogP contribution in [0.15, 0.2) is 0 Å². The highest BCUT2D eigenvalue weighted by Crippen LogP contribution is 2.25. The molecule has 0 aromatic heterocycles. The second-order valence-corrected chi connectivity index (χ2v) is 4.63. The Labute approximate surface area is 88.0 Å². The van der Waals surface area contributed by atoms with E-state index in [4.69, 9.17) is 9.47 Å². The quantitative estimate of drug-likeness (QED) is 0.694. The highest BCUT2D eigenvalue weighted by Gasteiger charge is 2.25. The summed E-state index contributed by atoms with van der Waals surface area (Å²) in [7, 11) is 0. The maximum atomic E-state index is 5.93. The van der Waals surface area contributed by atoms with Crippen LogP contribution in [0.3, 0.4) is 0 Å². The van der Waals surface area contributed by atoms with Gasteiger partial charge in [-0.05, 0) is 46.0 Å². The first-order valence-electron chi connectivity index (χ1n) is 5.73. The standard InChI is InChI=1S/C12H23O2/c1-4-5-8-11-13-10-7-6-9-12(2,3)14-11/h11H,1,4-10H2,2-3H3. The molecule has 83 valence electrons. The Balaban J connectivity index is 2.38. The Hall–Kier alpha value is -0.0800. The summed E-state index contributed by atoms with van der Waals surface area (Å²) in [6.45, 7) is 8.99. The first-order chi connectivity index (χ1) is 6.64. The molecule has 1 heterocycles. The van der Waals surface area contributed by atoms with Crippen LogP contribution < -0.4 is 0 Å². The monoisotopic (exact) mass is 199 g/mol. The molecule has 1 saturated heterocycles. The van der Waals surface area contributed by atoms with Gasteiger partial charge in [-0.15, -0.1) is 0 Å². The Kier molecular flexibility index (Phi) is 4.90. The van der Waals surface area contributed by atoms with E-state index in [0.717, 1.165) is 38.7 Å². The third-order valence-electron chi connectivity index (χ3n) is 2.62. The molecule has 1 radical (unpaired) electrons. The lowest BCUT2D eigenvalue weighted by molar-refractivity contribution is -0.214. The first-order valence-corrected chi connectivity index (χ1v) is 5.73. The van der Waals surface area contributed by atoms with E-state index >= 15 is 0 Å². The molecular weight excluding hydrogens is 176 g/mol. The van der Waals surface area contributed by atoms with E-state index in [1.165, 1.54) is 6.42 Å². The maximum absolute atomic E-state index is 5.93. The van der Waals surface area contributed by atoms with E-state index in [2.05, 4.69) is 20.8 Å². The number of hydrogen-bond donors (Lipinski definition) is 0. The zero-order valence-corrected chi connectivity index (χ0v) is 9.55. The molecule has 0 N–H and O–H groups in total. The van der Waals surface area contributed by atoms with Crippen molar-refractivity contribution in [2.24, 2.45) is 0 Å². The maximum Gasteiger partial charge on any atom is 0.158 e. The zero-order valence-electron chi connectivity index (χ0n) is 9.55. The van der Waals surface area contributed by atoms with Gasteiger partial charge in [0.1, 0.15) is 0 Å². The predicted octanol–water partition coefficient (Wildman–Crippen LogP) is 3.31. The van der Waals surface area contributed by atoms with E-state index < -0.39 is 0 Å². The van der Waals surface area contributed by atoms with Crippen molar-refractivity contribution in [1.29, 1.82) is 0 Å². The Morgan fingerprint density at radius 3 is 2.86 bits per heavy atom. The van der Waals surface area contributed by atoms with E-state index in [1.807, 2.05) is 0 Å². The fourth-order valence-corrected chi connectivity index (χ4v) is 1.77. The van der Waals surface area contributed by atoms with Gasteiger partial charge in [-0.1, -0.05) is 13.3 Å². The van der Waals surface area contributed by atoms with Crippen molar-refractivity contribution >= 4 is 0 Å². The normalized spacial score (nSPS) is 28.1. The van der Waals surface area contributed by atoms with Gasteiger partial charge in [-0.3, -0.25) is 0 Å². The number of ether oxygens (including phenoxy) is 2. The molecule has 1 aliphatic rings. The SMILES string of the molecule is [CH2]CCCC1OCCCCC(C)(C)O1. The van der Waals surface area contributed by atoms with Gasteiger partial charge in [0.15, 0.2) is 6.29 Å². The van der Waals surface area contributed by atoms with Gasteiger partial charge >= 0.3 is 0 Å². The summed E-state index contributed by atoms with van der Waals surface area (Å²) in [5.41, 5.74) is -0.0216. The van der Waals surface area contributed by atoms with Crippen molar-refractivity contribution in [3.8, 4) is 0 Å². The Morgan fingerprint density at radius 1 is 1.36 bits per heavy atom. The second-order valence-electron chi connectivity index (χ2n) is 4.63. The molecule has 2 nitrogen and oxygen atoms in total. The number of hydrogen-bond acceptors (Lipinski definition) is 2. The second kappa shape index (κ2) is 5.72. The molecule has 0 aromatic rings. The van der Waals surface area contributed by atoms with E-state index in [-0.39, 0.29) is 11.9 Å². The van der Waals surface area contributed by atoms with Crippen LogP contribution in [0.25, 0.3) is 0 Å². The number of rotatable bonds is 3. The molecule has 0 aromatic carbocycles. The average molecular weight is 199 g/mol. The minimum atomic E-state index is -0.0216. The molecular formula is C12H23O2. The molecule has 1 aliphatic heterocycles. The molecule has 0 amide bonds. The lowest BCUT2D eigenvalue weighted by Gasteiger charge is -2.33. The highest BCUT2D eigenvalue weighted by atomic mass is 16.7. The first kappa shape index (κ1) is 12.0. The lowest BCUT2D eigenvalue weighted by Crippen LogP contribution is -2.34. The summed E-state index contributed by atoms with van der Waals surface area (Å²) in [6, 6.07) is 0. The van der Waals surface area contributed by atoms with Crippen molar-refractivity contribution in [2.45, 2.75) is 64.3 Å². The average Bonchev–Trinajstić information content (AvgIpc) is 2.09. The molecule has 0 bridgehead atoms.